The van der Waals surface area contributed by atoms with E-state index in [-0.39, 0.29) is 18.7 Å². The number of nitrogens with zero attached hydrogens (tertiary/aromatic N) is 3. The minimum Gasteiger partial charge on any atom is -0.477 e. The number of halogens is 1. The highest BCUT2D eigenvalue weighted by Gasteiger charge is 2.20. The van der Waals surface area contributed by atoms with Gasteiger partial charge in [-0.05, 0) is 43.2 Å². The molecule has 0 aliphatic rings. The molecule has 0 aliphatic carbocycles. The van der Waals surface area contributed by atoms with Crippen molar-refractivity contribution in [3.8, 4) is 11.8 Å². The van der Waals surface area contributed by atoms with Crippen LogP contribution in [-0.4, -0.2) is 24.0 Å². The Bertz CT molecular complexity index is 908. The quantitative estimate of drug-likeness (QED) is 0.546. The topological polar surface area (TPSA) is 96.5 Å². The van der Waals surface area contributed by atoms with Crippen molar-refractivity contribution < 1.29 is 18.8 Å². The van der Waals surface area contributed by atoms with Crippen molar-refractivity contribution in [3.05, 3.63) is 63.5 Å². The second-order valence-corrected chi connectivity index (χ2v) is 5.88. The zero-order valence-corrected chi connectivity index (χ0v) is 14.9. The number of hydrogen-bond donors (Lipinski definition) is 0. The third-order valence-electron chi connectivity index (χ3n) is 4.02. The van der Waals surface area contributed by atoms with Crippen molar-refractivity contribution in [2.24, 2.45) is 0 Å². The van der Waals surface area contributed by atoms with Gasteiger partial charge in [-0.25, -0.2) is 4.39 Å². The van der Waals surface area contributed by atoms with Crippen molar-refractivity contribution in [3.63, 3.8) is 0 Å². The predicted molar refractivity (Wildman–Crippen MR) is 97.0 cm³/mol. The number of carbonyl (C=O) groups is 1. The fourth-order valence-electron chi connectivity index (χ4n) is 2.42. The van der Waals surface area contributed by atoms with Crippen LogP contribution in [0.2, 0.25) is 0 Å². The number of amides is 1. The Balaban J connectivity index is 2.22. The summed E-state index contributed by atoms with van der Waals surface area (Å²) in [6.45, 7) is 3.46. The molecular weight excluding hydrogens is 353 g/mol. The summed E-state index contributed by atoms with van der Waals surface area (Å²) in [5.41, 5.74) is 2.19. The molecule has 0 fully saturated rings. The van der Waals surface area contributed by atoms with Crippen LogP contribution in [0.4, 0.5) is 15.8 Å². The monoisotopic (exact) mass is 371 g/mol. The first-order valence-corrected chi connectivity index (χ1v) is 8.14. The average molecular weight is 371 g/mol. The molecule has 0 bridgehead atoms. The maximum absolute atomic E-state index is 13.4. The molecule has 7 nitrogen and oxygen atoms in total. The molecule has 0 heterocycles. The lowest BCUT2D eigenvalue weighted by atomic mass is 10.1. The van der Waals surface area contributed by atoms with Crippen LogP contribution in [0.3, 0.4) is 0 Å². The average Bonchev–Trinajstić information content (AvgIpc) is 2.62. The van der Waals surface area contributed by atoms with Crippen LogP contribution in [0.5, 0.6) is 5.75 Å². The fraction of sp³-hybridized carbons (Fsp3) is 0.263. The lowest BCUT2D eigenvalue weighted by Gasteiger charge is -2.22. The van der Waals surface area contributed by atoms with Gasteiger partial charge in [-0.1, -0.05) is 6.07 Å². The number of nitriles is 1. The largest absolute Gasteiger partial charge is 0.477 e. The number of nitro benzene ring substituents is 1. The minimum absolute atomic E-state index is 0.110. The molecule has 0 aromatic heterocycles. The van der Waals surface area contributed by atoms with E-state index in [9.17, 15) is 19.3 Å². The molecule has 0 spiro atoms. The molecule has 0 saturated carbocycles. The van der Waals surface area contributed by atoms with Gasteiger partial charge in [0.25, 0.3) is 5.91 Å². The maximum atomic E-state index is 13.4. The molecule has 27 heavy (non-hydrogen) atoms. The SMILES string of the molecule is Cc1ccc(N(CCC#N)C(=O)COc2cc(F)ccc2[N+](=O)[O-])cc1C. The molecular formula is C19H18FN3O4. The molecule has 0 atom stereocenters. The summed E-state index contributed by atoms with van der Waals surface area (Å²) in [4.78, 5) is 24.3. The van der Waals surface area contributed by atoms with E-state index in [0.717, 1.165) is 29.3 Å². The van der Waals surface area contributed by atoms with E-state index < -0.39 is 28.9 Å². The van der Waals surface area contributed by atoms with E-state index in [1.54, 1.807) is 6.07 Å². The zero-order valence-electron chi connectivity index (χ0n) is 14.9. The molecule has 0 N–H and O–H groups in total. The number of hydrogen-bond acceptors (Lipinski definition) is 5. The van der Waals surface area contributed by atoms with E-state index in [0.29, 0.717) is 5.69 Å². The van der Waals surface area contributed by atoms with E-state index >= 15 is 0 Å². The first-order valence-electron chi connectivity index (χ1n) is 8.14. The fourth-order valence-corrected chi connectivity index (χ4v) is 2.42. The predicted octanol–water partition coefficient (Wildman–Crippen LogP) is 3.68. The van der Waals surface area contributed by atoms with E-state index in [1.165, 1.54) is 4.90 Å². The molecule has 8 heteroatoms. The van der Waals surface area contributed by atoms with Crippen LogP contribution in [-0.2, 0) is 4.79 Å². The van der Waals surface area contributed by atoms with Gasteiger partial charge in [0, 0.05) is 24.4 Å². The van der Waals surface area contributed by atoms with Crippen LogP contribution < -0.4 is 9.64 Å². The van der Waals surface area contributed by atoms with E-state index in [4.69, 9.17) is 10.00 Å². The smallest absolute Gasteiger partial charge is 0.311 e. The Morgan fingerprint density at radius 3 is 2.63 bits per heavy atom. The summed E-state index contributed by atoms with van der Waals surface area (Å²) < 4.78 is 18.6. The normalized spacial score (nSPS) is 10.1. The van der Waals surface area contributed by atoms with Crippen LogP contribution in [0, 0.1) is 41.1 Å². The third-order valence-corrected chi connectivity index (χ3v) is 4.02. The van der Waals surface area contributed by atoms with Crippen LogP contribution in [0.15, 0.2) is 36.4 Å². The Hall–Kier alpha value is -3.47. The number of benzene rings is 2. The Labute approximate surface area is 155 Å². The van der Waals surface area contributed by atoms with Crippen molar-refractivity contribution in [1.82, 2.24) is 0 Å². The van der Waals surface area contributed by atoms with Crippen LogP contribution in [0.1, 0.15) is 17.5 Å². The van der Waals surface area contributed by atoms with Crippen molar-refractivity contribution in [2.45, 2.75) is 20.3 Å². The van der Waals surface area contributed by atoms with Gasteiger partial charge in [-0.3, -0.25) is 14.9 Å². The van der Waals surface area contributed by atoms with Gasteiger partial charge in [0.1, 0.15) is 5.82 Å². The highest BCUT2D eigenvalue weighted by Crippen LogP contribution is 2.27. The van der Waals surface area contributed by atoms with Crippen LogP contribution in [0.25, 0.3) is 0 Å². The summed E-state index contributed by atoms with van der Waals surface area (Å²) in [6, 6.07) is 10.2. The van der Waals surface area contributed by atoms with Gasteiger partial charge in [0.05, 0.1) is 17.4 Å². The first-order chi connectivity index (χ1) is 12.8. The molecule has 0 unspecified atom stereocenters. The van der Waals surface area contributed by atoms with Gasteiger partial charge >= 0.3 is 5.69 Å². The molecule has 0 aliphatic heterocycles. The van der Waals surface area contributed by atoms with Crippen molar-refractivity contribution in [1.29, 1.82) is 5.26 Å². The molecule has 140 valence electrons. The second kappa shape index (κ2) is 8.76. The lowest BCUT2D eigenvalue weighted by molar-refractivity contribution is -0.385. The summed E-state index contributed by atoms with van der Waals surface area (Å²) in [7, 11) is 0. The number of aryl methyl sites for hydroxylation is 2. The van der Waals surface area contributed by atoms with Gasteiger partial charge in [0.2, 0.25) is 5.75 Å². The number of ether oxygens (including phenoxy) is 1. The maximum Gasteiger partial charge on any atom is 0.311 e. The standard InChI is InChI=1S/C19H18FN3O4/c1-13-4-6-16(10-14(13)2)22(9-3-8-21)19(24)12-27-18-11-15(20)5-7-17(18)23(25)26/h4-7,10-11H,3,9,12H2,1-2H3. The molecule has 2 rings (SSSR count). The van der Waals surface area contributed by atoms with E-state index in [2.05, 4.69) is 0 Å². The van der Waals surface area contributed by atoms with Crippen molar-refractivity contribution >= 4 is 17.3 Å². The van der Waals surface area contributed by atoms with Gasteiger partial charge in [0.15, 0.2) is 6.61 Å². The van der Waals surface area contributed by atoms with Gasteiger partial charge in [-0.15, -0.1) is 0 Å². The molecule has 2 aromatic rings. The minimum atomic E-state index is -0.712. The summed E-state index contributed by atoms with van der Waals surface area (Å²) >= 11 is 0. The highest BCUT2D eigenvalue weighted by atomic mass is 19.1. The molecule has 1 amide bonds. The molecule has 2 aromatic carbocycles. The van der Waals surface area contributed by atoms with Crippen LogP contribution >= 0.6 is 0 Å². The Morgan fingerprint density at radius 1 is 1.26 bits per heavy atom. The molecule has 0 saturated heterocycles. The van der Waals surface area contributed by atoms with E-state index in [1.807, 2.05) is 32.0 Å². The number of nitro groups is 1. The van der Waals surface area contributed by atoms with Gasteiger partial charge < -0.3 is 9.64 Å². The first kappa shape index (κ1) is 19.8. The lowest BCUT2D eigenvalue weighted by Crippen LogP contribution is -2.35. The highest BCUT2D eigenvalue weighted by molar-refractivity contribution is 5.94. The second-order valence-electron chi connectivity index (χ2n) is 5.88. The number of carbonyl (C=O) groups excluding carboxylic acids is 1. The zero-order chi connectivity index (χ0) is 20.0. The summed E-state index contributed by atoms with van der Waals surface area (Å²) in [5, 5.41) is 19.9. The third kappa shape index (κ3) is 5.01. The number of rotatable bonds is 7. The van der Waals surface area contributed by atoms with Crippen molar-refractivity contribution in [2.75, 3.05) is 18.1 Å². The van der Waals surface area contributed by atoms with Gasteiger partial charge in [-0.2, -0.15) is 5.26 Å². The number of anilines is 1. The Morgan fingerprint density at radius 2 is 2.00 bits per heavy atom. The summed E-state index contributed by atoms with van der Waals surface area (Å²) in [5.74, 6) is -1.53. The summed E-state index contributed by atoms with van der Waals surface area (Å²) in [6.07, 6.45) is 0.110. The molecule has 0 radical (unpaired) electrons. The Kier molecular flexibility index (Phi) is 6.44.